The fourth-order valence-electron chi connectivity index (χ4n) is 5.17. The zero-order chi connectivity index (χ0) is 26.4. The minimum atomic E-state index is -0.279. The fraction of sp³-hybridized carbons (Fsp3) is 0.655. The van der Waals surface area contributed by atoms with Gasteiger partial charge in [0.25, 0.3) is 0 Å². The van der Waals surface area contributed by atoms with Gasteiger partial charge in [0.1, 0.15) is 11.6 Å². The van der Waals surface area contributed by atoms with Gasteiger partial charge in [-0.1, -0.05) is 32.8 Å². The summed E-state index contributed by atoms with van der Waals surface area (Å²) in [5.74, 6) is 0.985. The lowest BCUT2D eigenvalue weighted by Crippen LogP contribution is -2.49. The Bertz CT molecular complexity index is 994. The monoisotopic (exact) mass is 499 g/mol. The lowest BCUT2D eigenvalue weighted by molar-refractivity contribution is -0.138. The summed E-state index contributed by atoms with van der Waals surface area (Å²) in [5, 5.41) is 4.89. The molecule has 1 saturated heterocycles. The molecule has 0 unspecified atom stereocenters. The third kappa shape index (κ3) is 6.47. The molecule has 3 rings (SSSR count). The van der Waals surface area contributed by atoms with Gasteiger partial charge in [0.2, 0.25) is 5.91 Å². The van der Waals surface area contributed by atoms with Crippen LogP contribution in [0, 0.1) is 18.7 Å². The molecule has 1 aromatic heterocycles. The summed E-state index contributed by atoms with van der Waals surface area (Å²) in [5.41, 5.74) is 2.66. The van der Waals surface area contributed by atoms with Crippen LogP contribution in [0.4, 0.5) is 10.2 Å². The molecule has 1 aromatic carbocycles. The van der Waals surface area contributed by atoms with Crippen LogP contribution in [-0.2, 0) is 11.3 Å². The number of hydrogen-bond donors (Lipinski definition) is 0. The molecule has 0 saturated carbocycles. The molecule has 0 N–H and O–H groups in total. The molecule has 1 atom stereocenters. The second-order valence-corrected chi connectivity index (χ2v) is 10.7. The number of hydrogen-bond acceptors (Lipinski definition) is 4. The zero-order valence-electron chi connectivity index (χ0n) is 23.4. The predicted molar refractivity (Wildman–Crippen MR) is 146 cm³/mol. The van der Waals surface area contributed by atoms with Gasteiger partial charge < -0.3 is 9.80 Å². The van der Waals surface area contributed by atoms with E-state index in [1.807, 2.05) is 22.6 Å². The van der Waals surface area contributed by atoms with Crippen LogP contribution in [0.15, 0.2) is 24.3 Å². The van der Waals surface area contributed by atoms with E-state index in [-0.39, 0.29) is 23.7 Å². The van der Waals surface area contributed by atoms with E-state index in [1.54, 1.807) is 6.07 Å². The Morgan fingerprint density at radius 1 is 1.11 bits per heavy atom. The van der Waals surface area contributed by atoms with E-state index in [4.69, 9.17) is 5.10 Å². The number of carbonyl (C=O) groups is 1. The van der Waals surface area contributed by atoms with Crippen molar-refractivity contribution in [3.05, 3.63) is 41.3 Å². The SMILES string of the molecule is CCCC[C@@H](CC)C(=O)N(Cc1c(C)nn(-c2cccc(F)c2)c1N1CCN(C(C)C)CC1)C(C)C. The van der Waals surface area contributed by atoms with Crippen LogP contribution >= 0.6 is 0 Å². The maximum Gasteiger partial charge on any atom is 0.226 e. The molecule has 1 aliphatic heterocycles. The number of unbranched alkanes of at least 4 members (excludes halogenated alkanes) is 1. The maximum atomic E-state index is 14.2. The third-order valence-corrected chi connectivity index (χ3v) is 7.54. The predicted octanol–water partition coefficient (Wildman–Crippen LogP) is 5.80. The van der Waals surface area contributed by atoms with Gasteiger partial charge in [-0.05, 0) is 65.7 Å². The van der Waals surface area contributed by atoms with Crippen LogP contribution in [0.2, 0.25) is 0 Å². The number of benzene rings is 1. The highest BCUT2D eigenvalue weighted by atomic mass is 19.1. The standard InChI is InChI=1S/C29H46FN5O/c1-8-10-12-24(9-2)29(36)34(22(5)6)20-27-23(7)31-35(26-14-11-13-25(30)19-26)28(27)33-17-15-32(16-18-33)21(3)4/h11,13-14,19,21-22,24H,8-10,12,15-18,20H2,1-7H3/t24-/m1/s1. The second kappa shape index (κ2) is 12.7. The number of anilines is 1. The second-order valence-electron chi connectivity index (χ2n) is 10.7. The van der Waals surface area contributed by atoms with Crippen LogP contribution in [0.1, 0.15) is 78.5 Å². The van der Waals surface area contributed by atoms with E-state index >= 15 is 0 Å². The highest BCUT2D eigenvalue weighted by Gasteiger charge is 2.31. The van der Waals surface area contributed by atoms with Crippen LogP contribution in [0.5, 0.6) is 0 Å². The Morgan fingerprint density at radius 2 is 1.81 bits per heavy atom. The topological polar surface area (TPSA) is 44.6 Å². The highest BCUT2D eigenvalue weighted by molar-refractivity contribution is 5.79. The molecule has 1 amide bonds. The van der Waals surface area contributed by atoms with Crippen molar-refractivity contribution in [1.82, 2.24) is 19.6 Å². The van der Waals surface area contributed by atoms with Crippen molar-refractivity contribution in [2.45, 2.75) is 92.8 Å². The molecular formula is C29H46FN5O. The van der Waals surface area contributed by atoms with Crippen molar-refractivity contribution < 1.29 is 9.18 Å². The molecule has 36 heavy (non-hydrogen) atoms. The molecule has 0 radical (unpaired) electrons. The third-order valence-electron chi connectivity index (χ3n) is 7.54. The number of aryl methyl sites for hydroxylation is 1. The number of halogens is 1. The van der Waals surface area contributed by atoms with E-state index in [9.17, 15) is 9.18 Å². The first-order chi connectivity index (χ1) is 17.2. The Hall–Kier alpha value is -2.41. The molecule has 1 fully saturated rings. The summed E-state index contributed by atoms with van der Waals surface area (Å²) < 4.78 is 16.1. The Kier molecular flexibility index (Phi) is 9.94. The van der Waals surface area contributed by atoms with Crippen molar-refractivity contribution >= 4 is 11.7 Å². The first-order valence-corrected chi connectivity index (χ1v) is 13.8. The number of carbonyl (C=O) groups excluding carboxylic acids is 1. The van der Waals surface area contributed by atoms with Crippen LogP contribution < -0.4 is 4.90 Å². The van der Waals surface area contributed by atoms with E-state index in [1.165, 1.54) is 12.1 Å². The quantitative estimate of drug-likeness (QED) is 0.392. The van der Waals surface area contributed by atoms with E-state index < -0.39 is 0 Å². The van der Waals surface area contributed by atoms with Gasteiger partial charge in [0.05, 0.1) is 17.9 Å². The summed E-state index contributed by atoms with van der Waals surface area (Å²) >= 11 is 0. The minimum Gasteiger partial charge on any atom is -0.354 e. The Labute approximate surface area is 217 Å². The summed E-state index contributed by atoms with van der Waals surface area (Å²) in [6.07, 6.45) is 3.95. The Balaban J connectivity index is 2.02. The zero-order valence-corrected chi connectivity index (χ0v) is 23.4. The van der Waals surface area contributed by atoms with Gasteiger partial charge in [-0.25, -0.2) is 9.07 Å². The average molecular weight is 500 g/mol. The summed E-state index contributed by atoms with van der Waals surface area (Å²) in [6.45, 7) is 19.1. The average Bonchev–Trinajstić information content (AvgIpc) is 3.18. The van der Waals surface area contributed by atoms with Gasteiger partial charge in [0.15, 0.2) is 0 Å². The van der Waals surface area contributed by atoms with Crippen LogP contribution in [-0.4, -0.2) is 63.8 Å². The smallest absolute Gasteiger partial charge is 0.226 e. The van der Waals surface area contributed by atoms with Crippen LogP contribution in [0.25, 0.3) is 5.69 Å². The maximum absolute atomic E-state index is 14.2. The molecule has 1 aliphatic rings. The van der Waals surface area contributed by atoms with Gasteiger partial charge in [0, 0.05) is 49.7 Å². The van der Waals surface area contributed by atoms with Crippen molar-refractivity contribution in [3.8, 4) is 5.69 Å². The molecule has 0 spiro atoms. The van der Waals surface area contributed by atoms with Crippen LogP contribution in [0.3, 0.4) is 0 Å². The molecule has 2 aromatic rings. The molecule has 2 heterocycles. The van der Waals surface area contributed by atoms with E-state index in [0.29, 0.717) is 18.3 Å². The normalized spacial score (nSPS) is 15.7. The number of amides is 1. The molecule has 0 aliphatic carbocycles. The van der Waals surface area contributed by atoms with Gasteiger partial charge >= 0.3 is 0 Å². The van der Waals surface area contributed by atoms with E-state index in [2.05, 4.69) is 51.3 Å². The number of nitrogens with zero attached hydrogens (tertiary/aromatic N) is 5. The van der Waals surface area contributed by atoms with Crippen molar-refractivity contribution in [2.24, 2.45) is 5.92 Å². The summed E-state index contributed by atoms with van der Waals surface area (Å²) in [6, 6.07) is 7.21. The minimum absolute atomic E-state index is 0.0453. The molecule has 7 heteroatoms. The summed E-state index contributed by atoms with van der Waals surface area (Å²) in [7, 11) is 0. The van der Waals surface area contributed by atoms with Crippen molar-refractivity contribution in [3.63, 3.8) is 0 Å². The molecule has 0 bridgehead atoms. The van der Waals surface area contributed by atoms with Gasteiger partial charge in [-0.3, -0.25) is 9.69 Å². The largest absolute Gasteiger partial charge is 0.354 e. The van der Waals surface area contributed by atoms with Gasteiger partial charge in [-0.2, -0.15) is 5.10 Å². The highest BCUT2D eigenvalue weighted by Crippen LogP contribution is 2.31. The lowest BCUT2D eigenvalue weighted by Gasteiger charge is -2.39. The first kappa shape index (κ1) is 28.2. The van der Waals surface area contributed by atoms with Crippen molar-refractivity contribution in [1.29, 1.82) is 0 Å². The molecule has 6 nitrogen and oxygen atoms in total. The fourth-order valence-corrected chi connectivity index (χ4v) is 5.17. The first-order valence-electron chi connectivity index (χ1n) is 13.8. The van der Waals surface area contributed by atoms with E-state index in [0.717, 1.165) is 68.9 Å². The number of rotatable bonds is 11. The summed E-state index contributed by atoms with van der Waals surface area (Å²) in [4.78, 5) is 20.6. The number of aromatic nitrogens is 2. The Morgan fingerprint density at radius 3 is 2.36 bits per heavy atom. The lowest BCUT2D eigenvalue weighted by atomic mass is 9.96. The molecular weight excluding hydrogens is 453 g/mol. The van der Waals surface area contributed by atoms with Crippen molar-refractivity contribution in [2.75, 3.05) is 31.1 Å². The molecule has 200 valence electrons. The number of piperazine rings is 1. The van der Waals surface area contributed by atoms with Gasteiger partial charge in [-0.15, -0.1) is 0 Å².